The Morgan fingerprint density at radius 3 is 2.90 bits per heavy atom. The number of aryl methyl sites for hydroxylation is 4. The second kappa shape index (κ2) is 5.94. The number of nitrogens with zero attached hydrogens (tertiary/aromatic N) is 2. The molecule has 0 radical (unpaired) electrons. The van der Waals surface area contributed by atoms with Crippen LogP contribution in [0.1, 0.15) is 35.9 Å². The Morgan fingerprint density at radius 2 is 2.10 bits per heavy atom. The molecule has 2 aromatic rings. The van der Waals surface area contributed by atoms with Crippen LogP contribution in [0.3, 0.4) is 0 Å². The number of hydrogen-bond acceptors (Lipinski definition) is 2. The topological polar surface area (TPSA) is 17.8 Å². The van der Waals surface area contributed by atoms with Gasteiger partial charge in [-0.3, -0.25) is 4.68 Å². The standard InChI is InChI=1S/C16H19BrN2S/c1-3-19-15(16(17)11(2)18-19)10-20-14-8-7-12-5-4-6-13(12)9-14/h7-9H,3-6,10H2,1-2H3. The van der Waals surface area contributed by atoms with Crippen LogP contribution >= 0.6 is 27.7 Å². The lowest BCUT2D eigenvalue weighted by molar-refractivity contribution is 0.631. The lowest BCUT2D eigenvalue weighted by Crippen LogP contribution is -2.01. The maximum Gasteiger partial charge on any atom is 0.0739 e. The molecule has 0 saturated carbocycles. The van der Waals surface area contributed by atoms with E-state index in [1.54, 1.807) is 11.1 Å². The summed E-state index contributed by atoms with van der Waals surface area (Å²) in [5, 5.41) is 4.56. The molecule has 0 spiro atoms. The molecule has 1 aromatic carbocycles. The van der Waals surface area contributed by atoms with E-state index in [2.05, 4.69) is 57.8 Å². The highest BCUT2D eigenvalue weighted by atomic mass is 79.9. The Labute approximate surface area is 133 Å². The van der Waals surface area contributed by atoms with Crippen molar-refractivity contribution in [1.29, 1.82) is 0 Å². The molecule has 1 aliphatic rings. The van der Waals surface area contributed by atoms with E-state index in [-0.39, 0.29) is 0 Å². The van der Waals surface area contributed by atoms with Gasteiger partial charge in [-0.05, 0) is 72.3 Å². The van der Waals surface area contributed by atoms with Crippen LogP contribution in [-0.4, -0.2) is 9.78 Å². The Hall–Kier alpha value is -0.740. The van der Waals surface area contributed by atoms with Crippen LogP contribution in [0.5, 0.6) is 0 Å². The molecular formula is C16H19BrN2S. The first-order valence-corrected chi connectivity index (χ1v) is 8.93. The van der Waals surface area contributed by atoms with Crippen molar-refractivity contribution in [3.05, 3.63) is 45.2 Å². The van der Waals surface area contributed by atoms with Gasteiger partial charge in [-0.2, -0.15) is 5.10 Å². The average Bonchev–Trinajstić information content (AvgIpc) is 3.02. The normalized spacial score (nSPS) is 13.8. The third-order valence-corrected chi connectivity index (χ3v) is 5.93. The van der Waals surface area contributed by atoms with Crippen LogP contribution in [0.2, 0.25) is 0 Å². The summed E-state index contributed by atoms with van der Waals surface area (Å²) in [4.78, 5) is 1.37. The summed E-state index contributed by atoms with van der Waals surface area (Å²) in [5.74, 6) is 0.966. The minimum Gasteiger partial charge on any atom is -0.268 e. The van der Waals surface area contributed by atoms with Crippen LogP contribution < -0.4 is 0 Å². The zero-order valence-electron chi connectivity index (χ0n) is 11.9. The SMILES string of the molecule is CCn1nc(C)c(Br)c1CSc1ccc2c(c1)CCC2. The molecule has 4 heteroatoms. The predicted molar refractivity (Wildman–Crippen MR) is 88.4 cm³/mol. The van der Waals surface area contributed by atoms with Crippen LogP contribution in [0.15, 0.2) is 27.6 Å². The number of fused-ring (bicyclic) bond motifs is 1. The van der Waals surface area contributed by atoms with Crippen molar-refractivity contribution in [1.82, 2.24) is 9.78 Å². The zero-order chi connectivity index (χ0) is 14.1. The number of aromatic nitrogens is 2. The van der Waals surface area contributed by atoms with Gasteiger partial charge in [0.1, 0.15) is 0 Å². The molecule has 0 unspecified atom stereocenters. The maximum atomic E-state index is 4.56. The van der Waals surface area contributed by atoms with Gasteiger partial charge in [0.15, 0.2) is 0 Å². The minimum absolute atomic E-state index is 0.923. The van der Waals surface area contributed by atoms with E-state index in [1.165, 1.54) is 29.9 Å². The first kappa shape index (κ1) is 14.2. The van der Waals surface area contributed by atoms with E-state index in [4.69, 9.17) is 0 Å². The van der Waals surface area contributed by atoms with Crippen molar-refractivity contribution in [2.75, 3.05) is 0 Å². The van der Waals surface area contributed by atoms with Gasteiger partial charge >= 0.3 is 0 Å². The molecule has 0 amide bonds. The van der Waals surface area contributed by atoms with Crippen molar-refractivity contribution in [2.45, 2.75) is 50.3 Å². The highest BCUT2D eigenvalue weighted by Crippen LogP contribution is 2.32. The van der Waals surface area contributed by atoms with E-state index in [9.17, 15) is 0 Å². The summed E-state index contributed by atoms with van der Waals surface area (Å²) in [6.45, 7) is 5.12. The molecule has 1 heterocycles. The molecule has 2 nitrogen and oxygen atoms in total. The number of hydrogen-bond donors (Lipinski definition) is 0. The molecule has 0 N–H and O–H groups in total. The second-order valence-corrected chi connectivity index (χ2v) is 7.08. The highest BCUT2D eigenvalue weighted by Gasteiger charge is 2.14. The Balaban J connectivity index is 1.77. The summed E-state index contributed by atoms with van der Waals surface area (Å²) in [6.07, 6.45) is 3.82. The molecule has 0 aliphatic heterocycles. The quantitative estimate of drug-likeness (QED) is 0.740. The molecular weight excluding hydrogens is 332 g/mol. The summed E-state index contributed by atoms with van der Waals surface area (Å²) >= 11 is 5.57. The lowest BCUT2D eigenvalue weighted by Gasteiger charge is -2.07. The third kappa shape index (κ3) is 2.68. The molecule has 20 heavy (non-hydrogen) atoms. The fourth-order valence-corrected chi connectivity index (χ4v) is 4.39. The van der Waals surface area contributed by atoms with Gasteiger partial charge < -0.3 is 0 Å². The summed E-state index contributed by atoms with van der Waals surface area (Å²) < 4.78 is 3.26. The van der Waals surface area contributed by atoms with E-state index < -0.39 is 0 Å². The summed E-state index contributed by atoms with van der Waals surface area (Å²) in [6, 6.07) is 6.95. The van der Waals surface area contributed by atoms with Crippen LogP contribution in [-0.2, 0) is 25.1 Å². The van der Waals surface area contributed by atoms with Crippen molar-refractivity contribution < 1.29 is 0 Å². The van der Waals surface area contributed by atoms with Crippen molar-refractivity contribution in [3.63, 3.8) is 0 Å². The number of benzene rings is 1. The second-order valence-electron chi connectivity index (χ2n) is 5.23. The van der Waals surface area contributed by atoms with Crippen molar-refractivity contribution in [2.24, 2.45) is 0 Å². The van der Waals surface area contributed by atoms with Gasteiger partial charge in [-0.25, -0.2) is 0 Å². The molecule has 106 valence electrons. The smallest absolute Gasteiger partial charge is 0.0739 e. The maximum absolute atomic E-state index is 4.56. The lowest BCUT2D eigenvalue weighted by atomic mass is 10.1. The number of halogens is 1. The number of rotatable bonds is 4. The largest absolute Gasteiger partial charge is 0.268 e. The molecule has 0 fully saturated rings. The molecule has 3 rings (SSSR count). The van der Waals surface area contributed by atoms with E-state index in [0.717, 1.165) is 22.5 Å². The average molecular weight is 351 g/mol. The van der Waals surface area contributed by atoms with Crippen LogP contribution in [0.25, 0.3) is 0 Å². The molecule has 0 bridgehead atoms. The Bertz CT molecular complexity index is 634. The van der Waals surface area contributed by atoms with Crippen molar-refractivity contribution in [3.8, 4) is 0 Å². The fourth-order valence-electron chi connectivity index (χ4n) is 2.80. The van der Waals surface area contributed by atoms with E-state index in [1.807, 2.05) is 11.8 Å². The molecule has 1 aliphatic carbocycles. The van der Waals surface area contributed by atoms with Crippen molar-refractivity contribution >= 4 is 27.7 Å². The predicted octanol–water partition coefficient (Wildman–Crippen LogP) is 4.75. The van der Waals surface area contributed by atoms with Gasteiger partial charge in [-0.1, -0.05) is 6.07 Å². The molecule has 0 atom stereocenters. The third-order valence-electron chi connectivity index (χ3n) is 3.90. The molecule has 1 aromatic heterocycles. The van der Waals surface area contributed by atoms with Crippen LogP contribution in [0.4, 0.5) is 0 Å². The van der Waals surface area contributed by atoms with Gasteiger partial charge in [0.25, 0.3) is 0 Å². The Kier molecular flexibility index (Phi) is 4.22. The first-order valence-electron chi connectivity index (χ1n) is 7.15. The number of thioether (sulfide) groups is 1. The zero-order valence-corrected chi connectivity index (χ0v) is 14.4. The van der Waals surface area contributed by atoms with Gasteiger partial charge in [-0.15, -0.1) is 11.8 Å². The van der Waals surface area contributed by atoms with E-state index in [0.29, 0.717) is 0 Å². The monoisotopic (exact) mass is 350 g/mol. The molecule has 0 saturated heterocycles. The van der Waals surface area contributed by atoms with Gasteiger partial charge in [0.2, 0.25) is 0 Å². The Morgan fingerprint density at radius 1 is 1.30 bits per heavy atom. The first-order chi connectivity index (χ1) is 9.69. The minimum atomic E-state index is 0.923. The highest BCUT2D eigenvalue weighted by molar-refractivity contribution is 9.10. The summed E-state index contributed by atoms with van der Waals surface area (Å²) in [7, 11) is 0. The summed E-state index contributed by atoms with van der Waals surface area (Å²) in [5.41, 5.74) is 5.46. The van der Waals surface area contributed by atoms with Gasteiger partial charge in [0, 0.05) is 17.2 Å². The fraction of sp³-hybridized carbons (Fsp3) is 0.438. The van der Waals surface area contributed by atoms with E-state index >= 15 is 0 Å². The van der Waals surface area contributed by atoms with Crippen LogP contribution in [0, 0.1) is 6.92 Å². The van der Waals surface area contributed by atoms with Gasteiger partial charge in [0.05, 0.1) is 15.9 Å².